The van der Waals surface area contributed by atoms with Crippen LogP contribution in [0.4, 0.5) is 5.69 Å². The molecule has 0 spiro atoms. The Hall–Kier alpha value is -3.52. The summed E-state index contributed by atoms with van der Waals surface area (Å²) >= 11 is 0. The lowest BCUT2D eigenvalue weighted by molar-refractivity contribution is -0.120. The van der Waals surface area contributed by atoms with Crippen LogP contribution in [-0.4, -0.2) is 35.1 Å². The molecule has 3 rings (SSSR count). The number of carbonyl (C=O) groups excluding carboxylic acids is 1. The number of methoxy groups -OCH3 is 2. The first-order chi connectivity index (χ1) is 16.8. The average Bonchev–Trinajstić information content (AvgIpc) is 2.87. The minimum atomic E-state index is -4.09. The number of hydrogen-bond donors (Lipinski definition) is 1. The summed E-state index contributed by atoms with van der Waals surface area (Å²) in [4.78, 5) is 13.3. The molecule has 0 fully saturated rings. The monoisotopic (exact) mass is 496 g/mol. The molecular formula is C27H32N2O5S. The van der Waals surface area contributed by atoms with Gasteiger partial charge < -0.3 is 14.8 Å². The molecule has 7 nitrogen and oxygen atoms in total. The Kier molecular flexibility index (Phi) is 8.76. The number of nitrogens with zero attached hydrogens (tertiary/aromatic N) is 1. The van der Waals surface area contributed by atoms with E-state index >= 15 is 0 Å². The topological polar surface area (TPSA) is 84.9 Å². The van der Waals surface area contributed by atoms with Gasteiger partial charge in [-0.3, -0.25) is 9.10 Å². The zero-order valence-electron chi connectivity index (χ0n) is 20.5. The van der Waals surface area contributed by atoms with Crippen molar-refractivity contribution in [3.8, 4) is 11.5 Å². The number of hydrogen-bond acceptors (Lipinski definition) is 5. The highest BCUT2D eigenvalue weighted by atomic mass is 32.2. The van der Waals surface area contributed by atoms with Gasteiger partial charge in [-0.25, -0.2) is 8.42 Å². The van der Waals surface area contributed by atoms with E-state index in [0.717, 1.165) is 16.3 Å². The van der Waals surface area contributed by atoms with Crippen LogP contribution in [0.25, 0.3) is 0 Å². The molecule has 0 bridgehead atoms. The minimum absolute atomic E-state index is 0.0406. The normalized spacial score (nSPS) is 12.1. The van der Waals surface area contributed by atoms with E-state index in [1.165, 1.54) is 26.4 Å². The van der Waals surface area contributed by atoms with Crippen LogP contribution in [0.3, 0.4) is 0 Å². The Morgan fingerprint density at radius 3 is 2.11 bits per heavy atom. The number of sulfonamides is 1. The molecular weight excluding hydrogens is 464 g/mol. The van der Waals surface area contributed by atoms with Gasteiger partial charge in [0.1, 0.15) is 18.0 Å². The number of benzene rings is 3. The van der Waals surface area contributed by atoms with Crippen molar-refractivity contribution in [2.45, 2.75) is 31.2 Å². The molecule has 186 valence electrons. The lowest BCUT2D eigenvalue weighted by atomic mass is 9.97. The highest BCUT2D eigenvalue weighted by molar-refractivity contribution is 7.92. The summed E-state index contributed by atoms with van der Waals surface area (Å²) < 4.78 is 39.1. The Balaban J connectivity index is 1.96. The number of ether oxygens (including phenoxy) is 2. The van der Waals surface area contributed by atoms with Crippen LogP contribution in [0.2, 0.25) is 0 Å². The molecule has 1 N–H and O–H groups in total. The lowest BCUT2D eigenvalue weighted by Gasteiger charge is -2.27. The summed E-state index contributed by atoms with van der Waals surface area (Å²) in [6, 6.07) is 22.2. The molecule has 3 aromatic rings. The van der Waals surface area contributed by atoms with Gasteiger partial charge in [-0.05, 0) is 54.3 Å². The van der Waals surface area contributed by atoms with Crippen molar-refractivity contribution in [3.63, 3.8) is 0 Å². The van der Waals surface area contributed by atoms with Crippen LogP contribution in [0.15, 0.2) is 83.8 Å². The second kappa shape index (κ2) is 11.8. The maximum absolute atomic E-state index is 13.7. The Morgan fingerprint density at radius 2 is 1.51 bits per heavy atom. The Morgan fingerprint density at radius 1 is 0.886 bits per heavy atom. The molecule has 0 saturated heterocycles. The number of para-hydroxylation sites is 2. The third kappa shape index (κ3) is 6.54. The van der Waals surface area contributed by atoms with E-state index in [1.807, 2.05) is 30.3 Å². The summed E-state index contributed by atoms with van der Waals surface area (Å²) in [6.45, 7) is 3.75. The van der Waals surface area contributed by atoms with Crippen LogP contribution in [0, 0.1) is 5.92 Å². The zero-order chi connectivity index (χ0) is 25.4. The molecule has 1 unspecified atom stereocenters. The summed E-state index contributed by atoms with van der Waals surface area (Å²) in [7, 11) is -1.12. The third-order valence-electron chi connectivity index (χ3n) is 5.53. The van der Waals surface area contributed by atoms with E-state index in [1.54, 1.807) is 36.4 Å². The van der Waals surface area contributed by atoms with Crippen molar-refractivity contribution in [2.75, 3.05) is 25.1 Å². The van der Waals surface area contributed by atoms with Gasteiger partial charge in [0.2, 0.25) is 5.91 Å². The maximum atomic E-state index is 13.7. The number of amides is 1. The molecule has 0 aliphatic carbocycles. The molecule has 0 aromatic heterocycles. The van der Waals surface area contributed by atoms with Crippen molar-refractivity contribution in [2.24, 2.45) is 5.92 Å². The van der Waals surface area contributed by atoms with Crippen molar-refractivity contribution >= 4 is 21.6 Å². The van der Waals surface area contributed by atoms with Gasteiger partial charge in [0.05, 0.1) is 30.8 Å². The number of anilines is 1. The fourth-order valence-electron chi connectivity index (χ4n) is 3.82. The highest BCUT2D eigenvalue weighted by Crippen LogP contribution is 2.32. The van der Waals surface area contributed by atoms with Crippen molar-refractivity contribution in [1.82, 2.24) is 5.32 Å². The van der Waals surface area contributed by atoms with Gasteiger partial charge in [-0.15, -0.1) is 0 Å². The second-order valence-corrected chi connectivity index (χ2v) is 10.4. The fourth-order valence-corrected chi connectivity index (χ4v) is 5.25. The van der Waals surface area contributed by atoms with E-state index in [0.29, 0.717) is 17.4 Å². The second-order valence-electron chi connectivity index (χ2n) is 8.52. The molecule has 0 heterocycles. The van der Waals surface area contributed by atoms with Crippen LogP contribution in [0.5, 0.6) is 11.5 Å². The van der Waals surface area contributed by atoms with Gasteiger partial charge >= 0.3 is 0 Å². The molecule has 8 heteroatoms. The van der Waals surface area contributed by atoms with Gasteiger partial charge in [0.25, 0.3) is 10.0 Å². The molecule has 0 saturated carbocycles. The fraction of sp³-hybridized carbons (Fsp3) is 0.296. The summed E-state index contributed by atoms with van der Waals surface area (Å²) in [5.74, 6) is 0.792. The van der Waals surface area contributed by atoms with Gasteiger partial charge in [0.15, 0.2) is 0 Å². The molecule has 0 radical (unpaired) electrons. The third-order valence-corrected chi connectivity index (χ3v) is 7.31. The predicted molar refractivity (Wildman–Crippen MR) is 137 cm³/mol. The van der Waals surface area contributed by atoms with Crippen molar-refractivity contribution in [3.05, 3.63) is 84.4 Å². The largest absolute Gasteiger partial charge is 0.497 e. The molecule has 3 aromatic carbocycles. The minimum Gasteiger partial charge on any atom is -0.497 e. The molecule has 0 aliphatic rings. The SMILES string of the molecule is COc1ccc(S(=O)(=O)N(CC(=O)NC(CC(C)C)c2ccccc2)c2ccccc2OC)cc1. The van der Waals surface area contributed by atoms with Crippen LogP contribution in [0.1, 0.15) is 31.9 Å². The van der Waals surface area contributed by atoms with Gasteiger partial charge in [-0.2, -0.15) is 0 Å². The predicted octanol–water partition coefficient (Wildman–Crippen LogP) is 4.80. The van der Waals surface area contributed by atoms with E-state index in [4.69, 9.17) is 9.47 Å². The van der Waals surface area contributed by atoms with Crippen LogP contribution < -0.4 is 19.1 Å². The van der Waals surface area contributed by atoms with E-state index in [2.05, 4.69) is 19.2 Å². The van der Waals surface area contributed by atoms with Crippen molar-refractivity contribution in [1.29, 1.82) is 0 Å². The standard InChI is InChI=1S/C27H32N2O5S/c1-20(2)18-24(21-10-6-5-7-11-21)28-27(30)19-29(25-12-8-9-13-26(25)34-4)35(31,32)23-16-14-22(33-3)15-17-23/h5-17,20,24H,18-19H2,1-4H3,(H,28,30). The van der Waals surface area contributed by atoms with Crippen molar-refractivity contribution < 1.29 is 22.7 Å². The van der Waals surface area contributed by atoms with Gasteiger partial charge in [0, 0.05) is 0 Å². The first kappa shape index (κ1) is 26.1. The Labute approximate surface area is 207 Å². The number of nitrogens with one attached hydrogen (secondary N) is 1. The summed E-state index contributed by atoms with van der Waals surface area (Å²) in [5.41, 5.74) is 1.25. The first-order valence-electron chi connectivity index (χ1n) is 11.4. The van der Waals surface area contributed by atoms with Gasteiger partial charge in [-0.1, -0.05) is 56.3 Å². The smallest absolute Gasteiger partial charge is 0.264 e. The molecule has 35 heavy (non-hydrogen) atoms. The lowest BCUT2D eigenvalue weighted by Crippen LogP contribution is -2.42. The average molecular weight is 497 g/mol. The van der Waals surface area contributed by atoms with E-state index < -0.39 is 22.5 Å². The molecule has 0 aliphatic heterocycles. The Bertz CT molecular complexity index is 1210. The summed E-state index contributed by atoms with van der Waals surface area (Å²) in [5, 5.41) is 3.04. The van der Waals surface area contributed by atoms with Crippen LogP contribution >= 0.6 is 0 Å². The summed E-state index contributed by atoms with van der Waals surface area (Å²) in [6.07, 6.45) is 0.718. The number of carbonyl (C=O) groups is 1. The zero-order valence-corrected chi connectivity index (χ0v) is 21.3. The maximum Gasteiger partial charge on any atom is 0.264 e. The first-order valence-corrected chi connectivity index (χ1v) is 12.8. The molecule has 1 atom stereocenters. The van der Waals surface area contributed by atoms with Crippen LogP contribution in [-0.2, 0) is 14.8 Å². The highest BCUT2D eigenvalue weighted by Gasteiger charge is 2.30. The quantitative estimate of drug-likeness (QED) is 0.412. The molecule has 1 amide bonds. The van der Waals surface area contributed by atoms with E-state index in [9.17, 15) is 13.2 Å². The van der Waals surface area contributed by atoms with E-state index in [-0.39, 0.29) is 16.6 Å². The number of rotatable bonds is 11.